The Morgan fingerprint density at radius 1 is 1.06 bits per heavy atom. The fourth-order valence-electron chi connectivity index (χ4n) is 3.16. The molecule has 4 aromatic rings. The van der Waals surface area contributed by atoms with E-state index in [0.717, 1.165) is 22.2 Å². The Balaban J connectivity index is 1.49. The number of hydrogen-bond acceptors (Lipinski definition) is 6. The molecule has 1 amide bonds. The summed E-state index contributed by atoms with van der Waals surface area (Å²) in [5.41, 5.74) is 4.36. The SMILES string of the molecule is CCOC(=O)c1ccccc1NC(=O)CSc1ncnc2c(-c3ccccc3)c[nH]c12. The van der Waals surface area contributed by atoms with Crippen LogP contribution < -0.4 is 5.32 Å². The van der Waals surface area contributed by atoms with Gasteiger partial charge >= 0.3 is 5.97 Å². The third-order valence-electron chi connectivity index (χ3n) is 4.55. The first-order valence-corrected chi connectivity index (χ1v) is 10.7. The maximum atomic E-state index is 12.5. The minimum absolute atomic E-state index is 0.128. The summed E-state index contributed by atoms with van der Waals surface area (Å²) in [5.74, 6) is -0.588. The predicted octanol–water partition coefficient (Wildman–Crippen LogP) is 4.53. The molecule has 8 heteroatoms. The smallest absolute Gasteiger partial charge is 0.340 e. The van der Waals surface area contributed by atoms with Crippen LogP contribution in [0.3, 0.4) is 0 Å². The average molecular weight is 433 g/mol. The van der Waals surface area contributed by atoms with Crippen LogP contribution >= 0.6 is 11.8 Å². The molecule has 156 valence electrons. The van der Waals surface area contributed by atoms with Gasteiger partial charge < -0.3 is 15.0 Å². The van der Waals surface area contributed by atoms with E-state index in [1.165, 1.54) is 18.1 Å². The molecule has 0 aliphatic rings. The van der Waals surface area contributed by atoms with E-state index in [1.807, 2.05) is 36.5 Å². The summed E-state index contributed by atoms with van der Waals surface area (Å²) in [4.78, 5) is 36.6. The van der Waals surface area contributed by atoms with Gasteiger partial charge in [-0.25, -0.2) is 14.8 Å². The number of anilines is 1. The van der Waals surface area contributed by atoms with Crippen molar-refractivity contribution in [1.29, 1.82) is 0 Å². The Labute approximate surface area is 183 Å². The molecule has 0 aliphatic carbocycles. The number of amides is 1. The Hall–Kier alpha value is -3.65. The zero-order valence-electron chi connectivity index (χ0n) is 16.8. The Morgan fingerprint density at radius 3 is 2.65 bits per heavy atom. The van der Waals surface area contributed by atoms with Crippen molar-refractivity contribution in [2.24, 2.45) is 0 Å². The molecule has 0 spiro atoms. The lowest BCUT2D eigenvalue weighted by molar-refractivity contribution is -0.113. The third kappa shape index (κ3) is 4.59. The van der Waals surface area contributed by atoms with Crippen LogP contribution in [0.5, 0.6) is 0 Å². The lowest BCUT2D eigenvalue weighted by Crippen LogP contribution is -2.17. The second-order valence-corrected chi connectivity index (χ2v) is 7.54. The third-order valence-corrected chi connectivity index (χ3v) is 5.54. The summed E-state index contributed by atoms with van der Waals surface area (Å²) in [5, 5.41) is 3.47. The van der Waals surface area contributed by atoms with Gasteiger partial charge in [-0.3, -0.25) is 4.79 Å². The highest BCUT2D eigenvalue weighted by molar-refractivity contribution is 8.00. The van der Waals surface area contributed by atoms with E-state index in [-0.39, 0.29) is 18.3 Å². The van der Waals surface area contributed by atoms with Gasteiger partial charge in [0.1, 0.15) is 16.9 Å². The summed E-state index contributed by atoms with van der Waals surface area (Å²) >= 11 is 1.30. The van der Waals surface area contributed by atoms with Gasteiger partial charge in [0.25, 0.3) is 0 Å². The van der Waals surface area contributed by atoms with Crippen LogP contribution in [0.2, 0.25) is 0 Å². The number of nitrogens with one attached hydrogen (secondary N) is 2. The molecule has 31 heavy (non-hydrogen) atoms. The maximum absolute atomic E-state index is 12.5. The standard InChI is InChI=1S/C23H20N4O3S/c1-2-30-23(29)16-10-6-7-11-18(16)27-19(28)13-31-22-21-20(25-14-26-22)17(12-24-21)15-8-4-3-5-9-15/h3-12,14,24H,2,13H2,1H3,(H,27,28). The van der Waals surface area contributed by atoms with E-state index in [0.29, 0.717) is 16.3 Å². The summed E-state index contributed by atoms with van der Waals surface area (Å²) in [6.45, 7) is 2.00. The molecular formula is C23H20N4O3S. The quantitative estimate of drug-likeness (QED) is 0.253. The fraction of sp³-hybridized carbons (Fsp3) is 0.130. The van der Waals surface area contributed by atoms with Gasteiger partial charge in [-0.05, 0) is 24.6 Å². The van der Waals surface area contributed by atoms with E-state index in [1.54, 1.807) is 31.2 Å². The van der Waals surface area contributed by atoms with Crippen molar-refractivity contribution in [3.63, 3.8) is 0 Å². The van der Waals surface area contributed by atoms with Crippen molar-refractivity contribution in [3.05, 3.63) is 72.7 Å². The van der Waals surface area contributed by atoms with Gasteiger partial charge in [-0.2, -0.15) is 0 Å². The molecule has 0 saturated heterocycles. The second-order valence-electron chi connectivity index (χ2n) is 6.57. The highest BCUT2D eigenvalue weighted by Gasteiger charge is 2.16. The van der Waals surface area contributed by atoms with E-state index < -0.39 is 5.97 Å². The second kappa shape index (κ2) is 9.44. The monoisotopic (exact) mass is 432 g/mol. The maximum Gasteiger partial charge on any atom is 0.340 e. The van der Waals surface area contributed by atoms with Gasteiger partial charge in [0.2, 0.25) is 5.91 Å². The van der Waals surface area contributed by atoms with Crippen LogP contribution in [0.15, 0.2) is 72.1 Å². The van der Waals surface area contributed by atoms with Crippen LogP contribution in [0, 0.1) is 0 Å². The van der Waals surface area contributed by atoms with E-state index >= 15 is 0 Å². The van der Waals surface area contributed by atoms with E-state index in [9.17, 15) is 9.59 Å². The summed E-state index contributed by atoms with van der Waals surface area (Å²) in [7, 11) is 0. The number of ether oxygens (including phenoxy) is 1. The van der Waals surface area contributed by atoms with Gasteiger partial charge in [0.05, 0.1) is 29.1 Å². The van der Waals surface area contributed by atoms with Crippen LogP contribution in [0.1, 0.15) is 17.3 Å². The fourth-order valence-corrected chi connectivity index (χ4v) is 3.92. The molecule has 0 bridgehead atoms. The number of esters is 1. The molecule has 0 unspecified atom stereocenters. The number of carbonyl (C=O) groups is 2. The van der Waals surface area contributed by atoms with Crippen LogP contribution in [0.4, 0.5) is 5.69 Å². The first-order chi connectivity index (χ1) is 15.2. The molecule has 0 fully saturated rings. The Bertz CT molecular complexity index is 1220. The zero-order chi connectivity index (χ0) is 21.6. The normalized spacial score (nSPS) is 10.7. The van der Waals surface area contributed by atoms with Crippen LogP contribution in [-0.4, -0.2) is 39.2 Å². The molecule has 0 atom stereocenters. The van der Waals surface area contributed by atoms with Crippen molar-refractivity contribution >= 4 is 40.4 Å². The number of thioether (sulfide) groups is 1. The van der Waals surface area contributed by atoms with E-state index in [4.69, 9.17) is 4.74 Å². The summed E-state index contributed by atoms with van der Waals surface area (Å²) < 4.78 is 5.05. The number of nitrogens with zero attached hydrogens (tertiary/aromatic N) is 2. The molecule has 2 aromatic carbocycles. The number of H-pyrrole nitrogens is 1. The Kier molecular flexibility index (Phi) is 6.28. The number of aromatic nitrogens is 3. The minimum Gasteiger partial charge on any atom is -0.462 e. The van der Waals surface area contributed by atoms with Gasteiger partial charge in [-0.15, -0.1) is 0 Å². The summed E-state index contributed by atoms with van der Waals surface area (Å²) in [6.07, 6.45) is 3.40. The molecule has 0 saturated carbocycles. The number of benzene rings is 2. The van der Waals surface area contributed by atoms with Crippen molar-refractivity contribution in [2.45, 2.75) is 11.9 Å². The zero-order valence-corrected chi connectivity index (χ0v) is 17.6. The molecule has 4 rings (SSSR count). The van der Waals surface area contributed by atoms with Gasteiger partial charge in [0, 0.05) is 11.8 Å². The molecule has 2 aromatic heterocycles. The predicted molar refractivity (Wildman–Crippen MR) is 121 cm³/mol. The average Bonchev–Trinajstić information content (AvgIpc) is 3.23. The van der Waals surface area contributed by atoms with Crippen molar-refractivity contribution in [2.75, 3.05) is 17.7 Å². The molecular weight excluding hydrogens is 412 g/mol. The molecule has 2 N–H and O–H groups in total. The van der Waals surface area contributed by atoms with Gasteiger partial charge in [-0.1, -0.05) is 54.2 Å². The molecule has 0 radical (unpaired) electrons. The minimum atomic E-state index is -0.469. The largest absolute Gasteiger partial charge is 0.462 e. The lowest BCUT2D eigenvalue weighted by atomic mass is 10.1. The lowest BCUT2D eigenvalue weighted by Gasteiger charge is -2.10. The number of para-hydroxylation sites is 1. The van der Waals surface area contributed by atoms with E-state index in [2.05, 4.69) is 20.3 Å². The first-order valence-electron chi connectivity index (χ1n) is 9.73. The number of rotatable bonds is 7. The first kappa shape index (κ1) is 20.6. The highest BCUT2D eigenvalue weighted by atomic mass is 32.2. The molecule has 0 aliphatic heterocycles. The molecule has 2 heterocycles. The van der Waals surface area contributed by atoms with Gasteiger partial charge in [0.15, 0.2) is 0 Å². The number of hydrogen-bond donors (Lipinski definition) is 2. The number of aromatic amines is 1. The van der Waals surface area contributed by atoms with Crippen molar-refractivity contribution in [1.82, 2.24) is 15.0 Å². The highest BCUT2D eigenvalue weighted by Crippen LogP contribution is 2.31. The molecule has 7 nitrogen and oxygen atoms in total. The Morgan fingerprint density at radius 2 is 1.84 bits per heavy atom. The van der Waals surface area contributed by atoms with Crippen LogP contribution in [0.25, 0.3) is 22.2 Å². The van der Waals surface area contributed by atoms with Crippen molar-refractivity contribution in [3.8, 4) is 11.1 Å². The number of carbonyl (C=O) groups excluding carboxylic acids is 2. The van der Waals surface area contributed by atoms with Crippen LogP contribution in [-0.2, 0) is 9.53 Å². The topological polar surface area (TPSA) is 97.0 Å². The number of fused-ring (bicyclic) bond motifs is 1. The van der Waals surface area contributed by atoms with Crippen molar-refractivity contribution < 1.29 is 14.3 Å². The summed E-state index contributed by atoms with van der Waals surface area (Å²) in [6, 6.07) is 16.7.